The quantitative estimate of drug-likeness (QED) is 0.682. The highest BCUT2D eigenvalue weighted by Crippen LogP contribution is 2.33. The van der Waals surface area contributed by atoms with Crippen molar-refractivity contribution >= 4 is 5.91 Å². The molecule has 3 aromatic rings. The van der Waals surface area contributed by atoms with Crippen LogP contribution in [0, 0.1) is 5.92 Å². The maximum atomic E-state index is 12.9. The summed E-state index contributed by atoms with van der Waals surface area (Å²) in [6, 6.07) is 5.15. The van der Waals surface area contributed by atoms with E-state index < -0.39 is 0 Å². The largest absolute Gasteiger partial charge is 0.351 e. The summed E-state index contributed by atoms with van der Waals surface area (Å²) in [5.74, 6) is 1.41. The normalized spacial score (nSPS) is 17.0. The number of likely N-dealkylation sites (tertiary alicyclic amines) is 1. The van der Waals surface area contributed by atoms with Gasteiger partial charge in [0.05, 0.1) is 5.69 Å². The maximum absolute atomic E-state index is 12.9. The fourth-order valence-electron chi connectivity index (χ4n) is 3.32. The molecule has 140 valence electrons. The van der Waals surface area contributed by atoms with E-state index in [0.29, 0.717) is 24.2 Å². The molecule has 0 bridgehead atoms. The molecule has 4 heterocycles. The number of pyridine rings is 1. The van der Waals surface area contributed by atoms with Gasteiger partial charge in [-0.05, 0) is 37.3 Å². The second kappa shape index (κ2) is 7.30. The Morgan fingerprint density at radius 3 is 3.00 bits per heavy atom. The molecule has 1 aliphatic heterocycles. The zero-order valence-electron chi connectivity index (χ0n) is 15.3. The smallest absolute Gasteiger partial charge is 0.293 e. The molecule has 27 heavy (non-hydrogen) atoms. The van der Waals surface area contributed by atoms with E-state index in [4.69, 9.17) is 9.05 Å². The van der Waals surface area contributed by atoms with Gasteiger partial charge in [0.1, 0.15) is 6.04 Å². The Balaban J connectivity index is 1.53. The minimum Gasteiger partial charge on any atom is -0.351 e. The van der Waals surface area contributed by atoms with Crippen LogP contribution in [0.1, 0.15) is 54.9 Å². The first-order valence-electron chi connectivity index (χ1n) is 9.12. The van der Waals surface area contributed by atoms with Crippen molar-refractivity contribution in [1.29, 1.82) is 0 Å². The van der Waals surface area contributed by atoms with Crippen LogP contribution in [-0.2, 0) is 6.42 Å². The molecule has 4 rings (SSSR count). The van der Waals surface area contributed by atoms with Crippen molar-refractivity contribution in [2.24, 2.45) is 5.92 Å². The van der Waals surface area contributed by atoms with Gasteiger partial charge in [0.25, 0.3) is 5.91 Å². The summed E-state index contributed by atoms with van der Waals surface area (Å²) in [4.78, 5) is 23.2. The molecule has 3 aromatic heterocycles. The third-order valence-corrected chi connectivity index (χ3v) is 4.55. The molecule has 1 atom stereocenters. The van der Waals surface area contributed by atoms with Crippen molar-refractivity contribution in [3.8, 4) is 11.4 Å². The molecule has 1 saturated heterocycles. The molecule has 8 heteroatoms. The zero-order valence-corrected chi connectivity index (χ0v) is 15.3. The SMILES string of the molecule is CC(C)Cc1cc(C(=O)N2CCCC2c2nc(-c3cccnc3)no2)on1. The average molecular weight is 367 g/mol. The molecule has 8 nitrogen and oxygen atoms in total. The lowest BCUT2D eigenvalue weighted by Crippen LogP contribution is -2.30. The molecule has 0 N–H and O–H groups in total. The van der Waals surface area contributed by atoms with Crippen molar-refractivity contribution in [3.05, 3.63) is 47.9 Å². The molecular weight excluding hydrogens is 346 g/mol. The van der Waals surface area contributed by atoms with Gasteiger partial charge in [0.15, 0.2) is 0 Å². The average Bonchev–Trinajstić information content (AvgIpc) is 3.41. The van der Waals surface area contributed by atoms with Gasteiger partial charge in [0, 0.05) is 30.6 Å². The second-order valence-electron chi connectivity index (χ2n) is 7.13. The number of nitrogens with zero attached hydrogens (tertiary/aromatic N) is 5. The van der Waals surface area contributed by atoms with E-state index in [2.05, 4.69) is 34.1 Å². The van der Waals surface area contributed by atoms with Crippen LogP contribution in [-0.4, -0.2) is 37.6 Å². The second-order valence-corrected chi connectivity index (χ2v) is 7.13. The lowest BCUT2D eigenvalue weighted by Gasteiger charge is -2.20. The van der Waals surface area contributed by atoms with Gasteiger partial charge >= 0.3 is 0 Å². The molecule has 1 unspecified atom stereocenters. The third-order valence-electron chi connectivity index (χ3n) is 4.55. The van der Waals surface area contributed by atoms with E-state index in [1.54, 1.807) is 23.4 Å². The fourth-order valence-corrected chi connectivity index (χ4v) is 3.32. The Morgan fingerprint density at radius 1 is 1.33 bits per heavy atom. The monoisotopic (exact) mass is 367 g/mol. The molecule has 1 fully saturated rings. The van der Waals surface area contributed by atoms with Crippen LogP contribution in [0.15, 0.2) is 39.6 Å². The van der Waals surface area contributed by atoms with E-state index in [-0.39, 0.29) is 17.7 Å². The first-order valence-corrected chi connectivity index (χ1v) is 9.12. The minimum absolute atomic E-state index is 0.193. The van der Waals surface area contributed by atoms with Crippen LogP contribution in [0.3, 0.4) is 0 Å². The van der Waals surface area contributed by atoms with Gasteiger partial charge in [0.2, 0.25) is 17.5 Å². The Labute approximate surface area is 156 Å². The van der Waals surface area contributed by atoms with Gasteiger partial charge in [-0.1, -0.05) is 24.2 Å². The maximum Gasteiger partial charge on any atom is 0.293 e. The summed E-state index contributed by atoms with van der Waals surface area (Å²) in [6.07, 6.45) is 5.78. The van der Waals surface area contributed by atoms with Crippen molar-refractivity contribution < 1.29 is 13.8 Å². The molecule has 0 saturated carbocycles. The van der Waals surface area contributed by atoms with E-state index >= 15 is 0 Å². The molecule has 0 spiro atoms. The Morgan fingerprint density at radius 2 is 2.22 bits per heavy atom. The number of hydrogen-bond acceptors (Lipinski definition) is 7. The number of aromatic nitrogens is 4. The van der Waals surface area contributed by atoms with E-state index in [9.17, 15) is 4.79 Å². The standard InChI is InChI=1S/C19H21N5O3/c1-12(2)9-14-10-16(26-22-14)19(25)24-8-4-6-15(24)18-21-17(23-27-18)13-5-3-7-20-11-13/h3,5,7,10-12,15H,4,6,8-9H2,1-2H3. The van der Waals surface area contributed by atoms with Gasteiger partial charge < -0.3 is 13.9 Å². The predicted octanol–water partition coefficient (Wildman–Crippen LogP) is 3.30. The third kappa shape index (κ3) is 3.60. The highest BCUT2D eigenvalue weighted by Gasteiger charge is 2.36. The van der Waals surface area contributed by atoms with Crippen molar-refractivity contribution in [3.63, 3.8) is 0 Å². The fraction of sp³-hybridized carbons (Fsp3) is 0.421. The highest BCUT2D eigenvalue weighted by atomic mass is 16.5. The van der Waals surface area contributed by atoms with Crippen LogP contribution in [0.25, 0.3) is 11.4 Å². The molecule has 0 radical (unpaired) electrons. The van der Waals surface area contributed by atoms with Gasteiger partial charge in [-0.15, -0.1) is 0 Å². The van der Waals surface area contributed by atoms with Crippen LogP contribution < -0.4 is 0 Å². The van der Waals surface area contributed by atoms with Crippen molar-refractivity contribution in [2.75, 3.05) is 6.54 Å². The summed E-state index contributed by atoms with van der Waals surface area (Å²) in [5.41, 5.74) is 1.57. The van der Waals surface area contributed by atoms with Gasteiger partial charge in [-0.2, -0.15) is 4.98 Å². The van der Waals surface area contributed by atoms with Gasteiger partial charge in [-0.3, -0.25) is 9.78 Å². The Kier molecular flexibility index (Phi) is 4.70. The van der Waals surface area contributed by atoms with E-state index in [1.807, 2.05) is 12.1 Å². The molecule has 1 aliphatic rings. The van der Waals surface area contributed by atoms with Crippen LogP contribution in [0.5, 0.6) is 0 Å². The number of carbonyl (C=O) groups is 1. The van der Waals surface area contributed by atoms with Crippen LogP contribution in [0.4, 0.5) is 0 Å². The summed E-state index contributed by atoms with van der Waals surface area (Å²) < 4.78 is 10.7. The highest BCUT2D eigenvalue weighted by molar-refractivity contribution is 5.91. The number of carbonyl (C=O) groups excluding carboxylic acids is 1. The van der Waals surface area contributed by atoms with Crippen molar-refractivity contribution in [2.45, 2.75) is 39.2 Å². The van der Waals surface area contributed by atoms with Crippen LogP contribution >= 0.6 is 0 Å². The van der Waals surface area contributed by atoms with E-state index in [0.717, 1.165) is 30.5 Å². The number of amides is 1. The Hall–Kier alpha value is -3.03. The molecule has 0 aromatic carbocycles. The summed E-state index contributed by atoms with van der Waals surface area (Å²) in [7, 11) is 0. The summed E-state index contributed by atoms with van der Waals surface area (Å²) in [5, 5.41) is 8.04. The summed E-state index contributed by atoms with van der Waals surface area (Å²) >= 11 is 0. The number of hydrogen-bond donors (Lipinski definition) is 0. The van der Waals surface area contributed by atoms with Crippen LogP contribution in [0.2, 0.25) is 0 Å². The summed E-state index contributed by atoms with van der Waals surface area (Å²) in [6.45, 7) is 4.82. The van der Waals surface area contributed by atoms with Gasteiger partial charge in [-0.25, -0.2) is 0 Å². The molecule has 0 aliphatic carbocycles. The van der Waals surface area contributed by atoms with E-state index in [1.165, 1.54) is 0 Å². The Bertz CT molecular complexity index is 918. The number of rotatable bonds is 5. The van der Waals surface area contributed by atoms with Crippen molar-refractivity contribution in [1.82, 2.24) is 25.2 Å². The predicted molar refractivity (Wildman–Crippen MR) is 95.6 cm³/mol. The molecule has 1 amide bonds. The topological polar surface area (TPSA) is 98.2 Å². The molecular formula is C19H21N5O3. The first-order chi connectivity index (χ1) is 13.1. The minimum atomic E-state index is -0.255. The lowest BCUT2D eigenvalue weighted by atomic mass is 10.1. The lowest BCUT2D eigenvalue weighted by molar-refractivity contribution is 0.0668. The zero-order chi connectivity index (χ0) is 18.8. The first kappa shape index (κ1) is 17.4.